The monoisotopic (exact) mass is 227 g/mol. The molecule has 1 fully saturated rings. The summed E-state index contributed by atoms with van der Waals surface area (Å²) < 4.78 is 0. The van der Waals surface area contributed by atoms with E-state index < -0.39 is 0 Å². The molecule has 0 amide bonds. The van der Waals surface area contributed by atoms with Crippen molar-refractivity contribution in [3.8, 4) is 0 Å². The number of nitrogens with zero attached hydrogens (tertiary/aromatic N) is 1. The molecule has 1 aliphatic heterocycles. The lowest BCUT2D eigenvalue weighted by atomic mass is 9.96. The molecule has 96 valence electrons. The first-order valence-electron chi connectivity index (χ1n) is 7.24. The van der Waals surface area contributed by atoms with Gasteiger partial charge in [0, 0.05) is 13.1 Å². The summed E-state index contributed by atoms with van der Waals surface area (Å²) >= 11 is 0. The van der Waals surface area contributed by atoms with Crippen LogP contribution in [0, 0.1) is 5.92 Å². The molecule has 1 aliphatic rings. The van der Waals surface area contributed by atoms with Crippen LogP contribution in [0.2, 0.25) is 0 Å². The van der Waals surface area contributed by atoms with Crippen molar-refractivity contribution in [2.24, 2.45) is 5.92 Å². The third kappa shape index (κ3) is 5.86. The lowest BCUT2D eigenvalue weighted by molar-refractivity contribution is -0.119. The lowest BCUT2D eigenvalue weighted by Crippen LogP contribution is -2.25. The maximum absolute atomic E-state index is 5.59. The van der Waals surface area contributed by atoms with E-state index in [9.17, 15) is 0 Å². The van der Waals surface area contributed by atoms with Crippen molar-refractivity contribution in [2.75, 3.05) is 19.7 Å². The van der Waals surface area contributed by atoms with Crippen molar-refractivity contribution in [1.82, 2.24) is 5.06 Å². The van der Waals surface area contributed by atoms with E-state index in [4.69, 9.17) is 4.84 Å². The summed E-state index contributed by atoms with van der Waals surface area (Å²) in [6.45, 7) is 7.83. The second-order valence-corrected chi connectivity index (χ2v) is 5.08. The van der Waals surface area contributed by atoms with E-state index in [1.807, 2.05) is 0 Å². The topological polar surface area (TPSA) is 12.5 Å². The Morgan fingerprint density at radius 2 is 1.94 bits per heavy atom. The summed E-state index contributed by atoms with van der Waals surface area (Å²) in [7, 11) is 0. The van der Waals surface area contributed by atoms with E-state index in [1.54, 1.807) is 0 Å². The Labute approximate surface area is 101 Å². The molecule has 1 saturated heterocycles. The molecule has 1 rings (SSSR count). The van der Waals surface area contributed by atoms with Crippen LogP contribution in [-0.4, -0.2) is 24.8 Å². The number of hydroxylamine groups is 2. The van der Waals surface area contributed by atoms with Crippen molar-refractivity contribution < 1.29 is 4.84 Å². The standard InChI is InChI=1S/C14H29NO/c1-3-5-6-7-10-14(9-4-2)13-15-11-8-12-16-15/h14H,3-13H2,1-2H3. The molecular weight excluding hydrogens is 198 g/mol. The van der Waals surface area contributed by atoms with Gasteiger partial charge >= 0.3 is 0 Å². The zero-order chi connectivity index (χ0) is 11.6. The number of hydrogen-bond acceptors (Lipinski definition) is 2. The molecule has 16 heavy (non-hydrogen) atoms. The van der Waals surface area contributed by atoms with E-state index in [1.165, 1.54) is 57.9 Å². The average molecular weight is 227 g/mol. The number of hydrogen-bond donors (Lipinski definition) is 0. The maximum Gasteiger partial charge on any atom is 0.0698 e. The summed E-state index contributed by atoms with van der Waals surface area (Å²) in [5.41, 5.74) is 0. The van der Waals surface area contributed by atoms with Gasteiger partial charge in [0.15, 0.2) is 0 Å². The van der Waals surface area contributed by atoms with Gasteiger partial charge in [-0.15, -0.1) is 0 Å². The quantitative estimate of drug-likeness (QED) is 0.552. The summed E-state index contributed by atoms with van der Waals surface area (Å²) in [4.78, 5) is 5.59. The molecule has 0 aromatic heterocycles. The number of rotatable bonds is 9. The van der Waals surface area contributed by atoms with E-state index in [-0.39, 0.29) is 0 Å². The van der Waals surface area contributed by atoms with Gasteiger partial charge in [0.25, 0.3) is 0 Å². The summed E-state index contributed by atoms with van der Waals surface area (Å²) in [5.74, 6) is 0.861. The Morgan fingerprint density at radius 3 is 2.56 bits per heavy atom. The Hall–Kier alpha value is -0.0800. The van der Waals surface area contributed by atoms with Gasteiger partial charge in [-0.05, 0) is 25.2 Å². The van der Waals surface area contributed by atoms with Crippen LogP contribution in [0.4, 0.5) is 0 Å². The third-order valence-electron chi connectivity index (χ3n) is 3.45. The van der Waals surface area contributed by atoms with Gasteiger partial charge < -0.3 is 0 Å². The minimum atomic E-state index is 0.861. The minimum Gasteiger partial charge on any atom is -0.299 e. The fourth-order valence-electron chi connectivity index (χ4n) is 2.53. The Morgan fingerprint density at radius 1 is 1.06 bits per heavy atom. The van der Waals surface area contributed by atoms with Crippen molar-refractivity contribution in [3.05, 3.63) is 0 Å². The van der Waals surface area contributed by atoms with Crippen molar-refractivity contribution in [2.45, 2.75) is 65.2 Å². The highest BCUT2D eigenvalue weighted by molar-refractivity contribution is 4.64. The van der Waals surface area contributed by atoms with Crippen LogP contribution < -0.4 is 0 Å². The van der Waals surface area contributed by atoms with Crippen molar-refractivity contribution >= 4 is 0 Å². The zero-order valence-electron chi connectivity index (χ0n) is 11.2. The molecule has 2 nitrogen and oxygen atoms in total. The molecule has 0 bridgehead atoms. The summed E-state index contributed by atoms with van der Waals surface area (Å²) in [5, 5.41) is 2.19. The molecule has 1 heterocycles. The van der Waals surface area contributed by atoms with E-state index >= 15 is 0 Å². The van der Waals surface area contributed by atoms with Crippen LogP contribution in [0.1, 0.15) is 65.2 Å². The average Bonchev–Trinajstić information content (AvgIpc) is 2.77. The molecule has 1 atom stereocenters. The molecule has 0 N–H and O–H groups in total. The Kier molecular flexibility index (Phi) is 7.87. The molecule has 0 saturated carbocycles. The van der Waals surface area contributed by atoms with Gasteiger partial charge in [0.2, 0.25) is 0 Å². The zero-order valence-corrected chi connectivity index (χ0v) is 11.2. The molecule has 1 unspecified atom stereocenters. The number of unbranched alkanes of at least 4 members (excludes halogenated alkanes) is 3. The molecule has 2 heteroatoms. The highest BCUT2D eigenvalue weighted by Gasteiger charge is 2.17. The van der Waals surface area contributed by atoms with Gasteiger partial charge in [-0.2, -0.15) is 5.06 Å². The van der Waals surface area contributed by atoms with Crippen LogP contribution in [-0.2, 0) is 4.84 Å². The first kappa shape index (κ1) is 14.0. The van der Waals surface area contributed by atoms with Crippen LogP contribution in [0.5, 0.6) is 0 Å². The predicted octanol–water partition coefficient (Wildman–Crippen LogP) is 4.01. The Bertz CT molecular complexity index is 155. The predicted molar refractivity (Wildman–Crippen MR) is 69.3 cm³/mol. The molecular formula is C14H29NO. The third-order valence-corrected chi connectivity index (χ3v) is 3.45. The van der Waals surface area contributed by atoms with Crippen molar-refractivity contribution in [1.29, 1.82) is 0 Å². The van der Waals surface area contributed by atoms with Crippen LogP contribution >= 0.6 is 0 Å². The highest BCUT2D eigenvalue weighted by atomic mass is 16.7. The smallest absolute Gasteiger partial charge is 0.0698 e. The van der Waals surface area contributed by atoms with Crippen LogP contribution in [0.25, 0.3) is 0 Å². The lowest BCUT2D eigenvalue weighted by Gasteiger charge is -2.22. The summed E-state index contributed by atoms with van der Waals surface area (Å²) in [6, 6.07) is 0. The maximum atomic E-state index is 5.59. The fourth-order valence-corrected chi connectivity index (χ4v) is 2.53. The molecule has 0 aromatic carbocycles. The van der Waals surface area contributed by atoms with Gasteiger partial charge in [-0.25, -0.2) is 0 Å². The van der Waals surface area contributed by atoms with Crippen molar-refractivity contribution in [3.63, 3.8) is 0 Å². The molecule has 0 spiro atoms. The first-order chi connectivity index (χ1) is 7.86. The molecule has 0 aromatic rings. The van der Waals surface area contributed by atoms with E-state index in [0.717, 1.165) is 19.1 Å². The van der Waals surface area contributed by atoms with E-state index in [2.05, 4.69) is 18.9 Å². The molecule has 0 aliphatic carbocycles. The minimum absolute atomic E-state index is 0.861. The van der Waals surface area contributed by atoms with Gasteiger partial charge in [0.05, 0.1) is 6.61 Å². The van der Waals surface area contributed by atoms with Crippen LogP contribution in [0.15, 0.2) is 0 Å². The Balaban J connectivity index is 2.12. The largest absolute Gasteiger partial charge is 0.299 e. The molecule has 0 radical (unpaired) electrons. The second kappa shape index (κ2) is 9.00. The van der Waals surface area contributed by atoms with Crippen LogP contribution in [0.3, 0.4) is 0 Å². The first-order valence-corrected chi connectivity index (χ1v) is 7.24. The van der Waals surface area contributed by atoms with Gasteiger partial charge in [-0.3, -0.25) is 4.84 Å². The van der Waals surface area contributed by atoms with E-state index in [0.29, 0.717) is 0 Å². The summed E-state index contributed by atoms with van der Waals surface area (Å²) in [6.07, 6.45) is 10.9. The highest BCUT2D eigenvalue weighted by Crippen LogP contribution is 2.19. The normalized spacial score (nSPS) is 19.1. The second-order valence-electron chi connectivity index (χ2n) is 5.08. The van der Waals surface area contributed by atoms with Gasteiger partial charge in [0.1, 0.15) is 0 Å². The SMILES string of the molecule is CCCCCCC(CCC)CN1CCCO1. The van der Waals surface area contributed by atoms with Gasteiger partial charge in [-0.1, -0.05) is 46.0 Å². The fraction of sp³-hybridized carbons (Fsp3) is 1.00.